The quantitative estimate of drug-likeness (QED) is 0.825. The summed E-state index contributed by atoms with van der Waals surface area (Å²) in [7, 11) is 1.73. The van der Waals surface area contributed by atoms with Crippen LogP contribution in [-0.4, -0.2) is 44.0 Å². The van der Waals surface area contributed by atoms with Crippen molar-refractivity contribution >= 4 is 41.2 Å². The van der Waals surface area contributed by atoms with Crippen molar-refractivity contribution in [3.8, 4) is 0 Å². The van der Waals surface area contributed by atoms with Gasteiger partial charge < -0.3 is 5.11 Å². The van der Waals surface area contributed by atoms with E-state index in [0.717, 1.165) is 0 Å². The first-order valence-corrected chi connectivity index (χ1v) is 7.83. The lowest BCUT2D eigenvalue weighted by Gasteiger charge is -2.22. The zero-order valence-electron chi connectivity index (χ0n) is 11.8. The number of carbonyl (C=O) groups excluding carboxylic acids is 1. The van der Waals surface area contributed by atoms with Gasteiger partial charge in [-0.15, -0.1) is 5.10 Å². The third-order valence-electron chi connectivity index (χ3n) is 3.31. The van der Waals surface area contributed by atoms with Gasteiger partial charge in [-0.2, -0.15) is 4.98 Å². The molecule has 114 valence electrons. The second-order valence-electron chi connectivity index (χ2n) is 4.64. The van der Waals surface area contributed by atoms with E-state index in [2.05, 4.69) is 10.1 Å². The molecule has 21 heavy (non-hydrogen) atoms. The molecule has 1 amide bonds. The number of aromatic nitrogens is 3. The van der Waals surface area contributed by atoms with E-state index in [1.54, 1.807) is 18.7 Å². The summed E-state index contributed by atoms with van der Waals surface area (Å²) >= 11 is 7.43. The highest BCUT2D eigenvalue weighted by Gasteiger charge is 2.39. The maximum absolute atomic E-state index is 12.3. The molecule has 0 fully saturated rings. The molecule has 0 saturated carbocycles. The second-order valence-corrected chi connectivity index (χ2v) is 5.79. The van der Waals surface area contributed by atoms with Crippen molar-refractivity contribution in [3.05, 3.63) is 10.6 Å². The van der Waals surface area contributed by atoms with Crippen LogP contribution in [-0.2, 0) is 16.6 Å². The molecule has 2 heterocycles. The van der Waals surface area contributed by atoms with Crippen molar-refractivity contribution in [1.29, 1.82) is 0 Å². The lowest BCUT2D eigenvalue weighted by molar-refractivity contribution is -0.137. The van der Waals surface area contributed by atoms with Gasteiger partial charge in [-0.25, -0.2) is 4.68 Å². The zero-order chi connectivity index (χ0) is 15.7. The fourth-order valence-electron chi connectivity index (χ4n) is 2.23. The number of hydrogen-bond donors (Lipinski definition) is 1. The molecule has 0 aromatic carbocycles. The van der Waals surface area contributed by atoms with Crippen LogP contribution in [0.25, 0.3) is 0 Å². The summed E-state index contributed by atoms with van der Waals surface area (Å²) in [5, 5.41) is 13.8. The Balaban J connectivity index is 2.34. The highest BCUT2D eigenvalue weighted by atomic mass is 35.5. The zero-order valence-corrected chi connectivity index (χ0v) is 13.4. The summed E-state index contributed by atoms with van der Waals surface area (Å²) in [5.74, 6) is -1.06. The smallest absolute Gasteiger partial charge is 0.303 e. The summed E-state index contributed by atoms with van der Waals surface area (Å²) in [6.45, 7) is 1.73. The molecule has 7 nitrogen and oxygen atoms in total. The van der Waals surface area contributed by atoms with Gasteiger partial charge in [0.1, 0.15) is 5.03 Å². The van der Waals surface area contributed by atoms with Gasteiger partial charge in [-0.3, -0.25) is 14.5 Å². The summed E-state index contributed by atoms with van der Waals surface area (Å²) in [5.41, 5.74) is 0.654. The largest absolute Gasteiger partial charge is 0.481 e. The minimum absolute atomic E-state index is 0.0574. The SMILES string of the molecule is CSc1nc(N2C(=O)C(Cl)=C(C)C2CCC(=O)O)nn1C. The molecule has 0 bridgehead atoms. The maximum atomic E-state index is 12.3. The van der Waals surface area contributed by atoms with Crippen LogP contribution >= 0.6 is 23.4 Å². The van der Waals surface area contributed by atoms with Crippen LogP contribution in [0.2, 0.25) is 0 Å². The van der Waals surface area contributed by atoms with Crippen LogP contribution in [0.15, 0.2) is 15.8 Å². The molecular weight excluding hydrogens is 316 g/mol. The summed E-state index contributed by atoms with van der Waals surface area (Å²) in [6.07, 6.45) is 2.08. The number of halogens is 1. The molecule has 2 rings (SSSR count). The first kappa shape index (κ1) is 15.8. The second kappa shape index (κ2) is 6.07. The molecule has 1 aromatic heterocycles. The van der Waals surface area contributed by atoms with Gasteiger partial charge in [-0.05, 0) is 25.2 Å². The van der Waals surface area contributed by atoms with Gasteiger partial charge in [-0.1, -0.05) is 23.4 Å². The molecule has 9 heteroatoms. The van der Waals surface area contributed by atoms with Crippen molar-refractivity contribution in [2.75, 3.05) is 11.2 Å². The Bertz CT molecular complexity index is 628. The number of nitrogens with zero attached hydrogens (tertiary/aromatic N) is 4. The Morgan fingerprint density at radius 2 is 2.19 bits per heavy atom. The fraction of sp³-hybridized carbons (Fsp3) is 0.500. The third-order valence-corrected chi connectivity index (χ3v) is 4.49. The third kappa shape index (κ3) is 2.91. The molecule has 0 aliphatic carbocycles. The Labute approximate surface area is 131 Å². The predicted molar refractivity (Wildman–Crippen MR) is 79.5 cm³/mol. The van der Waals surface area contributed by atoms with Crippen LogP contribution in [0.4, 0.5) is 5.95 Å². The van der Waals surface area contributed by atoms with Crippen molar-refractivity contribution < 1.29 is 14.7 Å². The minimum Gasteiger partial charge on any atom is -0.481 e. The van der Waals surface area contributed by atoms with Gasteiger partial charge in [0, 0.05) is 13.5 Å². The summed E-state index contributed by atoms with van der Waals surface area (Å²) in [4.78, 5) is 28.7. The summed E-state index contributed by atoms with van der Waals surface area (Å²) in [6, 6.07) is -0.418. The highest BCUT2D eigenvalue weighted by Crippen LogP contribution is 2.34. The van der Waals surface area contributed by atoms with Crippen molar-refractivity contribution in [2.45, 2.75) is 31.0 Å². The Morgan fingerprint density at radius 3 is 2.71 bits per heavy atom. The average molecular weight is 331 g/mol. The molecule has 1 atom stereocenters. The average Bonchev–Trinajstić information content (AvgIpc) is 2.89. The lowest BCUT2D eigenvalue weighted by atomic mass is 10.1. The fourth-order valence-corrected chi connectivity index (χ4v) is 2.92. The van der Waals surface area contributed by atoms with Crippen LogP contribution in [0.5, 0.6) is 0 Å². The number of anilines is 1. The lowest BCUT2D eigenvalue weighted by Crippen LogP contribution is -2.36. The molecule has 0 radical (unpaired) electrons. The monoisotopic (exact) mass is 330 g/mol. The number of hydrogen-bond acceptors (Lipinski definition) is 5. The first-order valence-electron chi connectivity index (χ1n) is 6.23. The maximum Gasteiger partial charge on any atom is 0.303 e. The van der Waals surface area contributed by atoms with Crippen molar-refractivity contribution in [2.24, 2.45) is 7.05 Å². The van der Waals surface area contributed by atoms with E-state index in [4.69, 9.17) is 16.7 Å². The number of amides is 1. The number of thioether (sulfide) groups is 1. The van der Waals surface area contributed by atoms with Gasteiger partial charge >= 0.3 is 5.97 Å². The standard InChI is InChI=1S/C12H15ClN4O3S/c1-6-7(4-5-8(18)19)17(10(20)9(6)13)11-14-12(21-3)16(2)15-11/h7H,4-5H2,1-3H3,(H,18,19). The molecular formula is C12H15ClN4O3S. The molecule has 1 aromatic rings. The number of carboxylic acids is 1. The van der Waals surface area contributed by atoms with E-state index in [9.17, 15) is 9.59 Å². The molecule has 1 N–H and O–H groups in total. The van der Waals surface area contributed by atoms with Gasteiger partial charge in [0.2, 0.25) is 0 Å². The van der Waals surface area contributed by atoms with E-state index >= 15 is 0 Å². The van der Waals surface area contributed by atoms with Gasteiger partial charge in [0.05, 0.1) is 6.04 Å². The molecule has 1 aliphatic rings. The number of aryl methyl sites for hydroxylation is 1. The van der Waals surface area contributed by atoms with E-state index in [0.29, 0.717) is 10.7 Å². The van der Waals surface area contributed by atoms with Gasteiger partial charge in [0.25, 0.3) is 11.9 Å². The van der Waals surface area contributed by atoms with Crippen LogP contribution < -0.4 is 4.90 Å². The highest BCUT2D eigenvalue weighted by molar-refractivity contribution is 7.98. The Morgan fingerprint density at radius 1 is 1.52 bits per heavy atom. The number of rotatable bonds is 5. The molecule has 0 spiro atoms. The van der Waals surface area contributed by atoms with Crippen molar-refractivity contribution in [1.82, 2.24) is 14.8 Å². The number of carbonyl (C=O) groups is 2. The Hall–Kier alpha value is -1.54. The number of carboxylic acid groups (broad SMARTS) is 1. The van der Waals surface area contributed by atoms with Crippen LogP contribution in [0.3, 0.4) is 0 Å². The number of aliphatic carboxylic acids is 1. The molecule has 1 unspecified atom stereocenters. The van der Waals surface area contributed by atoms with E-state index < -0.39 is 12.0 Å². The minimum atomic E-state index is -0.919. The van der Waals surface area contributed by atoms with Crippen molar-refractivity contribution in [3.63, 3.8) is 0 Å². The Kier molecular flexibility index (Phi) is 4.58. The van der Waals surface area contributed by atoms with Crippen LogP contribution in [0, 0.1) is 0 Å². The molecule has 0 saturated heterocycles. The van der Waals surface area contributed by atoms with Crippen LogP contribution in [0.1, 0.15) is 19.8 Å². The predicted octanol–water partition coefficient (Wildman–Crippen LogP) is 1.63. The van der Waals surface area contributed by atoms with E-state index in [-0.39, 0.29) is 29.7 Å². The first-order chi connectivity index (χ1) is 9.86. The van der Waals surface area contributed by atoms with E-state index in [1.165, 1.54) is 16.7 Å². The topological polar surface area (TPSA) is 88.3 Å². The summed E-state index contributed by atoms with van der Waals surface area (Å²) < 4.78 is 1.57. The molecule has 1 aliphatic heterocycles. The van der Waals surface area contributed by atoms with E-state index in [1.807, 2.05) is 6.26 Å². The van der Waals surface area contributed by atoms with Gasteiger partial charge in [0.15, 0.2) is 5.16 Å². The normalized spacial score (nSPS) is 18.8.